The molecular formula is C13H15F2NO3. The second-order valence-electron chi connectivity index (χ2n) is 3.41. The molecule has 0 unspecified atom stereocenters. The van der Waals surface area contributed by atoms with E-state index in [2.05, 4.69) is 10.1 Å². The van der Waals surface area contributed by atoms with Crippen molar-refractivity contribution < 1.29 is 23.0 Å². The normalized spacial score (nSPS) is 10.7. The van der Waals surface area contributed by atoms with Gasteiger partial charge in [0.2, 0.25) is 0 Å². The Morgan fingerprint density at radius 3 is 2.84 bits per heavy atom. The number of hydrogen-bond donors (Lipinski definition) is 1. The molecule has 0 fully saturated rings. The summed E-state index contributed by atoms with van der Waals surface area (Å²) in [5, 5.41) is 2.86. The van der Waals surface area contributed by atoms with Crippen LogP contribution in [0.2, 0.25) is 0 Å². The standard InChI is InChI=1S/C13H15F2NO3/c1-2-18-12(17)8-5-9-16-10-6-3-4-7-11(10)19-13(14)15/h3-8,13,16H,2,9H2,1H3/b8-5+. The molecule has 0 bridgehead atoms. The van der Waals surface area contributed by atoms with E-state index in [9.17, 15) is 13.6 Å². The van der Waals surface area contributed by atoms with E-state index in [0.717, 1.165) is 0 Å². The van der Waals surface area contributed by atoms with Crippen LogP contribution in [-0.2, 0) is 9.53 Å². The van der Waals surface area contributed by atoms with E-state index in [0.29, 0.717) is 18.8 Å². The first-order chi connectivity index (χ1) is 9.13. The van der Waals surface area contributed by atoms with Gasteiger partial charge in [-0.25, -0.2) is 4.79 Å². The van der Waals surface area contributed by atoms with Crippen molar-refractivity contribution in [3.05, 3.63) is 36.4 Å². The zero-order chi connectivity index (χ0) is 14.1. The maximum atomic E-state index is 12.2. The molecule has 0 amide bonds. The lowest BCUT2D eigenvalue weighted by Gasteiger charge is -2.10. The topological polar surface area (TPSA) is 47.6 Å². The molecule has 0 aliphatic rings. The lowest BCUT2D eigenvalue weighted by molar-refractivity contribution is -0.137. The average Bonchev–Trinajstić information content (AvgIpc) is 2.36. The van der Waals surface area contributed by atoms with Gasteiger partial charge < -0.3 is 14.8 Å². The minimum Gasteiger partial charge on any atom is -0.463 e. The summed E-state index contributed by atoms with van der Waals surface area (Å²) in [6.07, 6.45) is 2.81. The number of benzene rings is 1. The predicted molar refractivity (Wildman–Crippen MR) is 67.3 cm³/mol. The van der Waals surface area contributed by atoms with Crippen LogP contribution >= 0.6 is 0 Å². The SMILES string of the molecule is CCOC(=O)/C=C/CNc1ccccc1OC(F)F. The van der Waals surface area contributed by atoms with Crippen LogP contribution in [-0.4, -0.2) is 25.7 Å². The summed E-state index contributed by atoms with van der Waals surface area (Å²) in [4.78, 5) is 11.0. The number of esters is 1. The van der Waals surface area contributed by atoms with Crippen molar-refractivity contribution in [2.24, 2.45) is 0 Å². The molecule has 0 aliphatic carbocycles. The molecule has 0 saturated heterocycles. The zero-order valence-corrected chi connectivity index (χ0v) is 10.4. The van der Waals surface area contributed by atoms with Crippen molar-refractivity contribution in [2.75, 3.05) is 18.5 Å². The van der Waals surface area contributed by atoms with Crippen molar-refractivity contribution in [1.29, 1.82) is 0 Å². The van der Waals surface area contributed by atoms with Gasteiger partial charge in [-0.15, -0.1) is 0 Å². The number of ether oxygens (including phenoxy) is 2. The van der Waals surface area contributed by atoms with E-state index < -0.39 is 12.6 Å². The molecule has 0 aliphatic heterocycles. The molecule has 104 valence electrons. The van der Waals surface area contributed by atoms with Gasteiger partial charge in [0.1, 0.15) is 5.75 Å². The van der Waals surface area contributed by atoms with Crippen molar-refractivity contribution in [3.63, 3.8) is 0 Å². The second kappa shape index (κ2) is 8.07. The number of carbonyl (C=O) groups excluding carboxylic acids is 1. The van der Waals surface area contributed by atoms with E-state index in [4.69, 9.17) is 4.74 Å². The highest BCUT2D eigenvalue weighted by Crippen LogP contribution is 2.25. The summed E-state index contributed by atoms with van der Waals surface area (Å²) in [6, 6.07) is 6.33. The number of rotatable bonds is 7. The van der Waals surface area contributed by atoms with Gasteiger partial charge in [-0.3, -0.25) is 0 Å². The van der Waals surface area contributed by atoms with Crippen molar-refractivity contribution >= 4 is 11.7 Å². The first-order valence-electron chi connectivity index (χ1n) is 5.74. The fourth-order valence-electron chi connectivity index (χ4n) is 1.33. The monoisotopic (exact) mass is 271 g/mol. The van der Waals surface area contributed by atoms with Crippen LogP contribution in [0.25, 0.3) is 0 Å². The Morgan fingerprint density at radius 2 is 2.16 bits per heavy atom. The third kappa shape index (κ3) is 5.85. The first-order valence-corrected chi connectivity index (χ1v) is 5.74. The Balaban J connectivity index is 2.51. The zero-order valence-electron chi connectivity index (χ0n) is 10.4. The maximum Gasteiger partial charge on any atom is 0.387 e. The van der Waals surface area contributed by atoms with E-state index in [1.165, 1.54) is 18.2 Å². The summed E-state index contributed by atoms with van der Waals surface area (Å²) in [7, 11) is 0. The van der Waals surface area contributed by atoms with E-state index in [-0.39, 0.29) is 5.75 Å². The molecule has 0 spiro atoms. The average molecular weight is 271 g/mol. The summed E-state index contributed by atoms with van der Waals surface area (Å²) in [5.74, 6) is -0.386. The van der Waals surface area contributed by atoms with Gasteiger partial charge in [-0.05, 0) is 19.1 Å². The van der Waals surface area contributed by atoms with E-state index in [1.807, 2.05) is 0 Å². The van der Waals surface area contributed by atoms with Gasteiger partial charge in [0, 0.05) is 12.6 Å². The number of para-hydroxylation sites is 2. The molecule has 1 aromatic carbocycles. The Hall–Kier alpha value is -2.11. The number of carbonyl (C=O) groups is 1. The van der Waals surface area contributed by atoms with Gasteiger partial charge in [0.15, 0.2) is 0 Å². The van der Waals surface area contributed by atoms with Crippen molar-refractivity contribution in [2.45, 2.75) is 13.5 Å². The smallest absolute Gasteiger partial charge is 0.387 e. The fraction of sp³-hybridized carbons (Fsp3) is 0.308. The highest BCUT2D eigenvalue weighted by Gasteiger charge is 2.07. The van der Waals surface area contributed by atoms with Gasteiger partial charge in [-0.2, -0.15) is 8.78 Å². The van der Waals surface area contributed by atoms with E-state index >= 15 is 0 Å². The number of hydrogen-bond acceptors (Lipinski definition) is 4. The van der Waals surface area contributed by atoms with Crippen LogP contribution in [0.15, 0.2) is 36.4 Å². The number of alkyl halides is 2. The Kier molecular flexibility index (Phi) is 6.35. The fourth-order valence-corrected chi connectivity index (χ4v) is 1.33. The van der Waals surface area contributed by atoms with Gasteiger partial charge >= 0.3 is 12.6 Å². The number of nitrogens with one attached hydrogen (secondary N) is 1. The Morgan fingerprint density at radius 1 is 1.42 bits per heavy atom. The molecule has 4 nitrogen and oxygen atoms in total. The second-order valence-corrected chi connectivity index (χ2v) is 3.41. The molecule has 6 heteroatoms. The summed E-state index contributed by atoms with van der Waals surface area (Å²) < 4.78 is 33.4. The molecule has 0 heterocycles. The van der Waals surface area contributed by atoms with Crippen molar-refractivity contribution in [3.8, 4) is 5.75 Å². The third-order valence-electron chi connectivity index (χ3n) is 2.05. The summed E-state index contributed by atoms with van der Waals surface area (Å²) in [5.41, 5.74) is 0.427. The molecule has 0 radical (unpaired) electrons. The minimum absolute atomic E-state index is 0.0574. The molecular weight excluding hydrogens is 256 g/mol. The highest BCUT2D eigenvalue weighted by atomic mass is 19.3. The predicted octanol–water partition coefficient (Wildman–Crippen LogP) is 2.82. The van der Waals surface area contributed by atoms with Gasteiger partial charge in [0.25, 0.3) is 0 Å². The van der Waals surface area contributed by atoms with Crippen LogP contribution in [0.5, 0.6) is 5.75 Å². The molecule has 1 aromatic rings. The van der Waals surface area contributed by atoms with Crippen LogP contribution in [0.1, 0.15) is 6.92 Å². The number of anilines is 1. The minimum atomic E-state index is -2.88. The van der Waals surface area contributed by atoms with Crippen LogP contribution in [0.3, 0.4) is 0 Å². The van der Waals surface area contributed by atoms with E-state index in [1.54, 1.807) is 25.1 Å². The molecule has 0 atom stereocenters. The summed E-state index contributed by atoms with van der Waals surface area (Å²) >= 11 is 0. The van der Waals surface area contributed by atoms with Crippen molar-refractivity contribution in [1.82, 2.24) is 0 Å². The maximum absolute atomic E-state index is 12.2. The first kappa shape index (κ1) is 14.9. The number of halogens is 2. The molecule has 0 saturated carbocycles. The van der Waals surface area contributed by atoms with Crippen LogP contribution in [0.4, 0.5) is 14.5 Å². The lowest BCUT2D eigenvalue weighted by Crippen LogP contribution is -2.07. The molecule has 1 rings (SSSR count). The quantitative estimate of drug-likeness (QED) is 0.612. The summed E-state index contributed by atoms with van der Waals surface area (Å²) in [6.45, 7) is -0.565. The Bertz CT molecular complexity index is 436. The highest BCUT2D eigenvalue weighted by molar-refractivity contribution is 5.81. The van der Waals surface area contributed by atoms with Gasteiger partial charge in [0.05, 0.1) is 12.3 Å². The van der Waals surface area contributed by atoms with Crippen LogP contribution < -0.4 is 10.1 Å². The lowest BCUT2D eigenvalue weighted by atomic mass is 10.3. The third-order valence-corrected chi connectivity index (χ3v) is 2.05. The molecule has 19 heavy (non-hydrogen) atoms. The van der Waals surface area contributed by atoms with Gasteiger partial charge in [-0.1, -0.05) is 18.2 Å². The molecule has 1 N–H and O–H groups in total. The Labute approximate surface area is 110 Å². The molecule has 0 aromatic heterocycles. The largest absolute Gasteiger partial charge is 0.463 e. The van der Waals surface area contributed by atoms with Crippen LogP contribution in [0, 0.1) is 0 Å².